The maximum atomic E-state index is 11.4. The maximum absolute atomic E-state index is 11.4. The Balaban J connectivity index is 1.99. The van der Waals surface area contributed by atoms with E-state index < -0.39 is 11.9 Å². The van der Waals surface area contributed by atoms with Gasteiger partial charge in [-0.25, -0.2) is 0 Å². The molecule has 0 bridgehead atoms. The first-order valence-electron chi connectivity index (χ1n) is 6.80. The molecule has 4 heteroatoms. The lowest BCUT2D eigenvalue weighted by Gasteiger charge is -2.18. The highest BCUT2D eigenvalue weighted by Crippen LogP contribution is 2.23. The molecule has 104 valence electrons. The minimum Gasteiger partial charge on any atom is -0.497 e. The van der Waals surface area contributed by atoms with E-state index in [9.17, 15) is 9.90 Å². The van der Waals surface area contributed by atoms with Gasteiger partial charge in [0, 0.05) is 0 Å². The largest absolute Gasteiger partial charge is 0.497 e. The molecule has 4 nitrogen and oxygen atoms in total. The maximum Gasteiger partial charge on any atom is 0.311 e. The van der Waals surface area contributed by atoms with E-state index in [2.05, 4.69) is 4.90 Å². The zero-order valence-electron chi connectivity index (χ0n) is 11.3. The van der Waals surface area contributed by atoms with Gasteiger partial charge in [-0.2, -0.15) is 0 Å². The molecule has 1 heterocycles. The van der Waals surface area contributed by atoms with Crippen LogP contribution in [0.4, 0.5) is 0 Å². The Hall–Kier alpha value is -1.55. The Labute approximate surface area is 114 Å². The van der Waals surface area contributed by atoms with E-state index in [1.165, 1.54) is 12.8 Å². The fraction of sp³-hybridized carbons (Fsp3) is 0.533. The Morgan fingerprint density at radius 1 is 1.32 bits per heavy atom. The number of rotatable bonds is 6. The third kappa shape index (κ3) is 3.70. The van der Waals surface area contributed by atoms with Crippen LogP contribution >= 0.6 is 0 Å². The van der Waals surface area contributed by atoms with Gasteiger partial charge in [-0.05, 0) is 56.6 Å². The van der Waals surface area contributed by atoms with Gasteiger partial charge >= 0.3 is 5.97 Å². The molecule has 1 aliphatic rings. The van der Waals surface area contributed by atoms with Gasteiger partial charge in [0.1, 0.15) is 5.75 Å². The molecule has 19 heavy (non-hydrogen) atoms. The van der Waals surface area contributed by atoms with Gasteiger partial charge in [-0.1, -0.05) is 12.1 Å². The summed E-state index contributed by atoms with van der Waals surface area (Å²) in [5, 5.41) is 9.38. The molecule has 1 atom stereocenters. The van der Waals surface area contributed by atoms with Crippen molar-refractivity contribution in [1.29, 1.82) is 0 Å². The van der Waals surface area contributed by atoms with Crippen LogP contribution in [0.3, 0.4) is 0 Å². The van der Waals surface area contributed by atoms with E-state index in [0.29, 0.717) is 6.42 Å². The summed E-state index contributed by atoms with van der Waals surface area (Å²) in [7, 11) is 1.61. The SMILES string of the molecule is COc1ccc([C@@H](CCN2CCCC2)C(=O)O)cc1. The summed E-state index contributed by atoms with van der Waals surface area (Å²) in [4.78, 5) is 13.8. The lowest BCUT2D eigenvalue weighted by molar-refractivity contribution is -0.139. The highest BCUT2D eigenvalue weighted by Gasteiger charge is 2.21. The summed E-state index contributed by atoms with van der Waals surface area (Å²) in [6, 6.07) is 7.34. The normalized spacial score (nSPS) is 17.3. The smallest absolute Gasteiger partial charge is 0.311 e. The van der Waals surface area contributed by atoms with Crippen LogP contribution in [0.2, 0.25) is 0 Å². The van der Waals surface area contributed by atoms with Crippen molar-refractivity contribution in [2.45, 2.75) is 25.2 Å². The highest BCUT2D eigenvalue weighted by molar-refractivity contribution is 5.76. The first-order chi connectivity index (χ1) is 9.20. The second-order valence-electron chi connectivity index (χ2n) is 5.00. The minimum atomic E-state index is -0.746. The molecule has 1 fully saturated rings. The van der Waals surface area contributed by atoms with Crippen molar-refractivity contribution in [3.63, 3.8) is 0 Å². The third-order valence-electron chi connectivity index (χ3n) is 3.75. The van der Waals surface area contributed by atoms with E-state index in [1.54, 1.807) is 7.11 Å². The summed E-state index contributed by atoms with van der Waals surface area (Å²) in [5.74, 6) is -0.414. The van der Waals surface area contributed by atoms with Gasteiger partial charge in [0.25, 0.3) is 0 Å². The fourth-order valence-electron chi connectivity index (χ4n) is 2.59. The van der Waals surface area contributed by atoms with Crippen LogP contribution in [-0.2, 0) is 4.79 Å². The van der Waals surface area contributed by atoms with E-state index in [-0.39, 0.29) is 0 Å². The molecule has 0 aromatic heterocycles. The van der Waals surface area contributed by atoms with Gasteiger partial charge in [-0.3, -0.25) is 4.79 Å². The molecule has 2 rings (SSSR count). The number of hydrogen-bond acceptors (Lipinski definition) is 3. The number of methoxy groups -OCH3 is 1. The quantitative estimate of drug-likeness (QED) is 0.856. The Bertz CT molecular complexity index is 410. The van der Waals surface area contributed by atoms with Crippen molar-refractivity contribution in [1.82, 2.24) is 4.90 Å². The summed E-state index contributed by atoms with van der Waals surface area (Å²) < 4.78 is 5.09. The van der Waals surface area contributed by atoms with Gasteiger partial charge in [0.15, 0.2) is 0 Å². The molecule has 0 radical (unpaired) electrons. The Morgan fingerprint density at radius 3 is 2.47 bits per heavy atom. The Morgan fingerprint density at radius 2 is 1.95 bits per heavy atom. The van der Waals surface area contributed by atoms with Crippen LogP contribution in [0.25, 0.3) is 0 Å². The van der Waals surface area contributed by atoms with Crippen LogP contribution in [0, 0.1) is 0 Å². The molecular formula is C15H21NO3. The van der Waals surface area contributed by atoms with Crippen LogP contribution < -0.4 is 4.74 Å². The van der Waals surface area contributed by atoms with Crippen molar-refractivity contribution in [3.8, 4) is 5.75 Å². The second-order valence-corrected chi connectivity index (χ2v) is 5.00. The third-order valence-corrected chi connectivity index (χ3v) is 3.75. The molecule has 0 saturated carbocycles. The predicted molar refractivity (Wildman–Crippen MR) is 73.7 cm³/mol. The zero-order chi connectivity index (χ0) is 13.7. The van der Waals surface area contributed by atoms with Crippen LogP contribution in [-0.4, -0.2) is 42.7 Å². The van der Waals surface area contributed by atoms with Crippen molar-refractivity contribution < 1.29 is 14.6 Å². The number of likely N-dealkylation sites (tertiary alicyclic amines) is 1. The summed E-state index contributed by atoms with van der Waals surface area (Å²) in [6.07, 6.45) is 3.14. The topological polar surface area (TPSA) is 49.8 Å². The first kappa shape index (κ1) is 13.9. The molecule has 1 aromatic rings. The lowest BCUT2D eigenvalue weighted by atomic mass is 9.95. The van der Waals surface area contributed by atoms with Gasteiger partial charge in [0.2, 0.25) is 0 Å². The minimum absolute atomic E-state index is 0.425. The second kappa shape index (κ2) is 6.57. The van der Waals surface area contributed by atoms with Crippen LogP contribution in [0.5, 0.6) is 5.75 Å². The van der Waals surface area contributed by atoms with Crippen molar-refractivity contribution >= 4 is 5.97 Å². The number of nitrogens with zero attached hydrogens (tertiary/aromatic N) is 1. The number of hydrogen-bond donors (Lipinski definition) is 1. The molecule has 0 amide bonds. The highest BCUT2D eigenvalue weighted by atomic mass is 16.5. The summed E-state index contributed by atoms with van der Waals surface area (Å²) in [6.45, 7) is 3.08. The molecule has 1 aliphatic heterocycles. The van der Waals surface area contributed by atoms with Crippen molar-refractivity contribution in [3.05, 3.63) is 29.8 Å². The predicted octanol–water partition coefficient (Wildman–Crippen LogP) is 2.35. The fourth-order valence-corrected chi connectivity index (χ4v) is 2.59. The number of benzene rings is 1. The van der Waals surface area contributed by atoms with Crippen molar-refractivity contribution in [2.75, 3.05) is 26.7 Å². The number of aliphatic carboxylic acids is 1. The van der Waals surface area contributed by atoms with E-state index >= 15 is 0 Å². The van der Waals surface area contributed by atoms with Gasteiger partial charge in [-0.15, -0.1) is 0 Å². The van der Waals surface area contributed by atoms with E-state index in [1.807, 2.05) is 24.3 Å². The summed E-state index contributed by atoms with van der Waals surface area (Å²) in [5.41, 5.74) is 0.854. The molecule has 0 unspecified atom stereocenters. The average Bonchev–Trinajstić information content (AvgIpc) is 2.92. The average molecular weight is 263 g/mol. The monoisotopic (exact) mass is 263 g/mol. The molecule has 1 aromatic carbocycles. The number of carboxylic acid groups (broad SMARTS) is 1. The van der Waals surface area contributed by atoms with Gasteiger partial charge < -0.3 is 14.7 Å². The lowest BCUT2D eigenvalue weighted by Crippen LogP contribution is -2.24. The molecule has 1 saturated heterocycles. The van der Waals surface area contributed by atoms with Crippen LogP contribution in [0.1, 0.15) is 30.7 Å². The van der Waals surface area contributed by atoms with Gasteiger partial charge in [0.05, 0.1) is 13.0 Å². The molecule has 0 aliphatic carbocycles. The van der Waals surface area contributed by atoms with E-state index in [0.717, 1.165) is 30.9 Å². The molecular weight excluding hydrogens is 242 g/mol. The van der Waals surface area contributed by atoms with Crippen molar-refractivity contribution in [2.24, 2.45) is 0 Å². The Kier molecular flexibility index (Phi) is 4.80. The standard InChI is InChI=1S/C15H21NO3/c1-19-13-6-4-12(5-7-13)14(15(17)18)8-11-16-9-2-3-10-16/h4-7,14H,2-3,8-11H2,1H3,(H,17,18)/t14-/m1/s1. The zero-order valence-corrected chi connectivity index (χ0v) is 11.3. The molecule has 1 N–H and O–H groups in total. The van der Waals surface area contributed by atoms with E-state index in [4.69, 9.17) is 4.74 Å². The molecule has 0 spiro atoms. The number of carboxylic acids is 1. The summed E-state index contributed by atoms with van der Waals surface area (Å²) >= 11 is 0. The number of carbonyl (C=O) groups is 1. The first-order valence-corrected chi connectivity index (χ1v) is 6.80. The number of ether oxygens (including phenoxy) is 1. The van der Waals surface area contributed by atoms with Crippen LogP contribution in [0.15, 0.2) is 24.3 Å².